The van der Waals surface area contributed by atoms with Crippen LogP contribution in [0, 0.1) is 0 Å². The van der Waals surface area contributed by atoms with Gasteiger partial charge in [0.2, 0.25) is 5.91 Å². The van der Waals surface area contributed by atoms with Crippen molar-refractivity contribution in [3.05, 3.63) is 63.1 Å². The molecule has 0 saturated heterocycles. The van der Waals surface area contributed by atoms with Crippen LogP contribution < -0.4 is 10.1 Å². The summed E-state index contributed by atoms with van der Waals surface area (Å²) in [6.07, 6.45) is 1.26. The second-order valence-corrected chi connectivity index (χ2v) is 8.00. The number of rotatable bonds is 10. The highest BCUT2D eigenvalue weighted by Gasteiger charge is 2.29. The molecule has 0 heterocycles. The number of nitrogens with zero attached hydrogens (tertiary/aromatic N) is 1. The summed E-state index contributed by atoms with van der Waals surface area (Å²) in [6, 6.07) is 11.1. The monoisotopic (exact) mass is 470 g/mol. The van der Waals surface area contributed by atoms with Crippen LogP contribution in [-0.4, -0.2) is 35.9 Å². The van der Waals surface area contributed by atoms with E-state index in [9.17, 15) is 9.59 Å². The molecule has 8 heteroatoms. The normalized spacial score (nSPS) is 11.6. The van der Waals surface area contributed by atoms with Crippen molar-refractivity contribution in [1.29, 1.82) is 0 Å². The highest BCUT2D eigenvalue weighted by molar-refractivity contribution is 6.35. The van der Waals surface area contributed by atoms with E-state index in [1.807, 2.05) is 13.8 Å². The molecule has 30 heavy (non-hydrogen) atoms. The zero-order valence-electron chi connectivity index (χ0n) is 17.0. The summed E-state index contributed by atoms with van der Waals surface area (Å²) >= 11 is 18.2. The quantitative estimate of drug-likeness (QED) is 0.507. The van der Waals surface area contributed by atoms with E-state index in [1.165, 1.54) is 4.90 Å². The first-order valence-electron chi connectivity index (χ1n) is 9.75. The molecule has 0 fully saturated rings. The number of amides is 2. The van der Waals surface area contributed by atoms with Crippen molar-refractivity contribution in [3.63, 3.8) is 0 Å². The highest BCUT2D eigenvalue weighted by atomic mass is 35.5. The van der Waals surface area contributed by atoms with Gasteiger partial charge in [0.15, 0.2) is 6.61 Å². The summed E-state index contributed by atoms with van der Waals surface area (Å²) in [5, 5.41) is 4.37. The maximum atomic E-state index is 13.1. The molecule has 1 N–H and O–H groups in total. The van der Waals surface area contributed by atoms with Crippen molar-refractivity contribution in [2.45, 2.75) is 39.3 Å². The lowest BCUT2D eigenvalue weighted by Crippen LogP contribution is -2.50. The van der Waals surface area contributed by atoms with Crippen LogP contribution in [0.3, 0.4) is 0 Å². The molecule has 162 valence electrons. The van der Waals surface area contributed by atoms with E-state index < -0.39 is 6.04 Å². The first-order chi connectivity index (χ1) is 14.3. The van der Waals surface area contributed by atoms with Gasteiger partial charge in [0.05, 0.1) is 0 Å². The van der Waals surface area contributed by atoms with Crippen LogP contribution in [0.15, 0.2) is 42.5 Å². The molecule has 0 unspecified atom stereocenters. The molecule has 0 saturated carbocycles. The summed E-state index contributed by atoms with van der Waals surface area (Å²) in [6.45, 7) is 4.32. The van der Waals surface area contributed by atoms with E-state index in [1.54, 1.807) is 42.5 Å². The largest absolute Gasteiger partial charge is 0.484 e. The predicted octanol–water partition coefficient (Wildman–Crippen LogP) is 5.36. The van der Waals surface area contributed by atoms with Gasteiger partial charge in [-0.05, 0) is 54.8 Å². The van der Waals surface area contributed by atoms with Crippen LogP contribution in [0.2, 0.25) is 15.1 Å². The van der Waals surface area contributed by atoms with Crippen LogP contribution in [0.5, 0.6) is 5.75 Å². The Kier molecular flexibility index (Phi) is 9.76. The molecule has 0 radical (unpaired) electrons. The molecule has 2 amide bonds. The lowest BCUT2D eigenvalue weighted by atomic mass is 10.1. The van der Waals surface area contributed by atoms with Gasteiger partial charge in [0.25, 0.3) is 5.91 Å². The summed E-state index contributed by atoms with van der Waals surface area (Å²) in [7, 11) is 0. The Morgan fingerprint density at radius 3 is 2.30 bits per heavy atom. The van der Waals surface area contributed by atoms with Crippen LogP contribution in [0.25, 0.3) is 0 Å². The van der Waals surface area contributed by atoms with Crippen molar-refractivity contribution in [2.75, 3.05) is 13.2 Å². The van der Waals surface area contributed by atoms with E-state index in [2.05, 4.69) is 5.32 Å². The van der Waals surface area contributed by atoms with Crippen molar-refractivity contribution in [3.8, 4) is 5.75 Å². The third-order valence-corrected chi connectivity index (χ3v) is 5.31. The molecule has 5 nitrogen and oxygen atoms in total. The third-order valence-electron chi connectivity index (χ3n) is 4.47. The maximum Gasteiger partial charge on any atom is 0.261 e. The Labute approximate surface area is 192 Å². The number of carbonyl (C=O) groups excluding carboxylic acids is 2. The van der Waals surface area contributed by atoms with Gasteiger partial charge in [-0.25, -0.2) is 0 Å². The molecule has 2 aromatic rings. The summed E-state index contributed by atoms with van der Waals surface area (Å²) in [4.78, 5) is 27.3. The zero-order valence-corrected chi connectivity index (χ0v) is 19.2. The summed E-state index contributed by atoms with van der Waals surface area (Å²) in [5.41, 5.74) is 0.697. The number of hydrogen-bond acceptors (Lipinski definition) is 3. The predicted molar refractivity (Wildman–Crippen MR) is 121 cm³/mol. The van der Waals surface area contributed by atoms with Crippen molar-refractivity contribution in [1.82, 2.24) is 10.2 Å². The number of carbonyl (C=O) groups is 2. The van der Waals surface area contributed by atoms with E-state index in [4.69, 9.17) is 39.5 Å². The third kappa shape index (κ3) is 7.08. The van der Waals surface area contributed by atoms with Crippen molar-refractivity contribution in [2.24, 2.45) is 0 Å². The standard InChI is InChI=1S/C22H25Cl3N2O3/c1-3-11-26-22(29)20(4-2)27(13-15-5-6-17(24)12-19(15)25)21(28)14-30-18-9-7-16(23)8-10-18/h5-10,12,20H,3-4,11,13-14H2,1-2H3,(H,26,29)/t20-/m0/s1. The molecule has 1 atom stereocenters. The van der Waals surface area contributed by atoms with Gasteiger partial charge in [0, 0.05) is 28.2 Å². The topological polar surface area (TPSA) is 58.6 Å². The molecule has 0 aliphatic rings. The molecular formula is C22H25Cl3N2O3. The Morgan fingerprint density at radius 2 is 1.70 bits per heavy atom. The molecule has 2 aromatic carbocycles. The number of benzene rings is 2. The van der Waals surface area contributed by atoms with E-state index in [-0.39, 0.29) is 25.0 Å². The van der Waals surface area contributed by atoms with E-state index >= 15 is 0 Å². The molecular weight excluding hydrogens is 447 g/mol. The van der Waals surface area contributed by atoms with Gasteiger partial charge in [0.1, 0.15) is 11.8 Å². The van der Waals surface area contributed by atoms with Crippen LogP contribution in [0.4, 0.5) is 0 Å². The smallest absolute Gasteiger partial charge is 0.261 e. The first kappa shape index (κ1) is 24.3. The average Bonchev–Trinajstić information content (AvgIpc) is 2.73. The van der Waals surface area contributed by atoms with Gasteiger partial charge in [-0.1, -0.05) is 54.7 Å². The van der Waals surface area contributed by atoms with Crippen LogP contribution in [0.1, 0.15) is 32.3 Å². The molecule has 0 spiro atoms. The summed E-state index contributed by atoms with van der Waals surface area (Å²) in [5.74, 6) is -0.0144. The minimum atomic E-state index is -0.649. The Bertz CT molecular complexity index is 859. The lowest BCUT2D eigenvalue weighted by molar-refractivity contribution is -0.143. The molecule has 2 rings (SSSR count). The van der Waals surface area contributed by atoms with Gasteiger partial charge >= 0.3 is 0 Å². The highest BCUT2D eigenvalue weighted by Crippen LogP contribution is 2.24. The number of nitrogens with one attached hydrogen (secondary N) is 1. The Balaban J connectivity index is 2.22. The second kappa shape index (κ2) is 12.0. The first-order valence-corrected chi connectivity index (χ1v) is 10.9. The van der Waals surface area contributed by atoms with Gasteiger partial charge < -0.3 is 15.0 Å². The Hall–Kier alpha value is -1.95. The van der Waals surface area contributed by atoms with Gasteiger partial charge in [-0.3, -0.25) is 9.59 Å². The minimum absolute atomic E-state index is 0.164. The second-order valence-electron chi connectivity index (χ2n) is 6.72. The van der Waals surface area contributed by atoms with Crippen LogP contribution >= 0.6 is 34.8 Å². The van der Waals surface area contributed by atoms with Crippen LogP contribution in [-0.2, 0) is 16.1 Å². The molecule has 0 aliphatic heterocycles. The SMILES string of the molecule is CCCNC(=O)[C@H](CC)N(Cc1ccc(Cl)cc1Cl)C(=O)COc1ccc(Cl)cc1. The fourth-order valence-corrected chi connectivity index (χ4v) is 3.47. The fourth-order valence-electron chi connectivity index (χ4n) is 2.88. The molecule has 0 aromatic heterocycles. The maximum absolute atomic E-state index is 13.1. The average molecular weight is 472 g/mol. The fraction of sp³-hybridized carbons (Fsp3) is 0.364. The molecule has 0 aliphatic carbocycles. The van der Waals surface area contributed by atoms with E-state index in [0.29, 0.717) is 39.3 Å². The van der Waals surface area contributed by atoms with Crippen molar-refractivity contribution >= 4 is 46.6 Å². The zero-order chi connectivity index (χ0) is 22.1. The summed E-state index contributed by atoms with van der Waals surface area (Å²) < 4.78 is 5.61. The number of halogens is 3. The number of hydrogen-bond donors (Lipinski definition) is 1. The Morgan fingerprint density at radius 1 is 1.03 bits per heavy atom. The number of ether oxygens (including phenoxy) is 1. The van der Waals surface area contributed by atoms with E-state index in [0.717, 1.165) is 6.42 Å². The molecule has 0 bridgehead atoms. The van der Waals surface area contributed by atoms with Gasteiger partial charge in [-0.15, -0.1) is 0 Å². The lowest BCUT2D eigenvalue weighted by Gasteiger charge is -2.30. The van der Waals surface area contributed by atoms with Crippen molar-refractivity contribution < 1.29 is 14.3 Å². The minimum Gasteiger partial charge on any atom is -0.484 e. The van der Waals surface area contributed by atoms with Gasteiger partial charge in [-0.2, -0.15) is 0 Å².